The third-order valence-corrected chi connectivity index (χ3v) is 4.07. The Bertz CT molecular complexity index is 392. The standard InChI is InChI=1S/C17H26INO/c1-2-3-4-5-6-7-8-9-13-19-17(20)15-11-10-12-16(18)14-15/h10-12,14H,2-9,13H2,1H3,(H,19,20). The Labute approximate surface area is 136 Å². The van der Waals surface area contributed by atoms with Gasteiger partial charge in [-0.3, -0.25) is 4.79 Å². The van der Waals surface area contributed by atoms with Crippen LogP contribution < -0.4 is 5.32 Å². The van der Waals surface area contributed by atoms with E-state index in [-0.39, 0.29) is 5.91 Å². The van der Waals surface area contributed by atoms with Crippen molar-refractivity contribution in [3.8, 4) is 0 Å². The first kappa shape index (κ1) is 17.5. The summed E-state index contributed by atoms with van der Waals surface area (Å²) in [5.74, 6) is 0.0476. The zero-order valence-corrected chi connectivity index (χ0v) is 14.6. The molecule has 2 nitrogen and oxygen atoms in total. The van der Waals surface area contributed by atoms with Crippen LogP contribution in [0.5, 0.6) is 0 Å². The Morgan fingerprint density at radius 1 is 1.05 bits per heavy atom. The van der Waals surface area contributed by atoms with E-state index >= 15 is 0 Å². The van der Waals surface area contributed by atoms with Crippen molar-refractivity contribution in [2.75, 3.05) is 6.54 Å². The molecular weight excluding hydrogens is 361 g/mol. The van der Waals surface area contributed by atoms with Crippen molar-refractivity contribution in [3.05, 3.63) is 33.4 Å². The highest BCUT2D eigenvalue weighted by atomic mass is 127. The fourth-order valence-electron chi connectivity index (χ4n) is 2.19. The van der Waals surface area contributed by atoms with Crippen LogP contribution in [-0.4, -0.2) is 12.5 Å². The van der Waals surface area contributed by atoms with Crippen molar-refractivity contribution in [1.82, 2.24) is 5.32 Å². The summed E-state index contributed by atoms with van der Waals surface area (Å²) in [6.45, 7) is 3.04. The summed E-state index contributed by atoms with van der Waals surface area (Å²) >= 11 is 2.23. The molecule has 112 valence electrons. The van der Waals surface area contributed by atoms with E-state index in [4.69, 9.17) is 0 Å². The molecule has 0 spiro atoms. The lowest BCUT2D eigenvalue weighted by atomic mass is 10.1. The molecule has 1 amide bonds. The number of benzene rings is 1. The monoisotopic (exact) mass is 387 g/mol. The van der Waals surface area contributed by atoms with Gasteiger partial charge in [0.2, 0.25) is 0 Å². The summed E-state index contributed by atoms with van der Waals surface area (Å²) in [6, 6.07) is 7.71. The summed E-state index contributed by atoms with van der Waals surface area (Å²) < 4.78 is 1.10. The van der Waals surface area contributed by atoms with Gasteiger partial charge >= 0.3 is 0 Å². The van der Waals surface area contributed by atoms with Crippen LogP contribution in [0, 0.1) is 3.57 Å². The summed E-state index contributed by atoms with van der Waals surface area (Å²) in [6.07, 6.45) is 10.4. The Balaban J connectivity index is 2.02. The zero-order chi connectivity index (χ0) is 14.6. The second-order valence-electron chi connectivity index (χ2n) is 5.24. The Hall–Kier alpha value is -0.580. The van der Waals surface area contributed by atoms with E-state index in [1.54, 1.807) is 0 Å². The van der Waals surface area contributed by atoms with E-state index < -0.39 is 0 Å². The molecule has 0 saturated heterocycles. The first-order valence-electron chi connectivity index (χ1n) is 7.78. The van der Waals surface area contributed by atoms with Gasteiger partial charge in [-0.05, 0) is 47.2 Å². The number of carbonyl (C=O) groups is 1. The summed E-state index contributed by atoms with van der Waals surface area (Å²) in [5.41, 5.74) is 0.761. The van der Waals surface area contributed by atoms with Gasteiger partial charge in [-0.2, -0.15) is 0 Å². The minimum atomic E-state index is 0.0476. The Morgan fingerprint density at radius 3 is 2.35 bits per heavy atom. The second-order valence-corrected chi connectivity index (χ2v) is 6.49. The van der Waals surface area contributed by atoms with Gasteiger partial charge in [0, 0.05) is 15.7 Å². The SMILES string of the molecule is CCCCCCCCCCNC(=O)c1cccc(I)c1. The maximum atomic E-state index is 11.9. The number of halogens is 1. The van der Waals surface area contributed by atoms with E-state index in [1.165, 1.54) is 44.9 Å². The van der Waals surface area contributed by atoms with Crippen molar-refractivity contribution in [1.29, 1.82) is 0 Å². The fraction of sp³-hybridized carbons (Fsp3) is 0.588. The minimum absolute atomic E-state index is 0.0476. The maximum absolute atomic E-state index is 11.9. The van der Waals surface area contributed by atoms with Crippen LogP contribution in [0.15, 0.2) is 24.3 Å². The normalized spacial score (nSPS) is 10.5. The predicted molar refractivity (Wildman–Crippen MR) is 94.1 cm³/mol. The van der Waals surface area contributed by atoms with Crippen LogP contribution in [0.1, 0.15) is 68.6 Å². The number of unbranched alkanes of at least 4 members (excludes halogenated alkanes) is 7. The third-order valence-electron chi connectivity index (χ3n) is 3.40. The molecular formula is C17H26INO. The van der Waals surface area contributed by atoms with Gasteiger partial charge in [-0.25, -0.2) is 0 Å². The Kier molecular flexibility index (Phi) is 9.71. The van der Waals surface area contributed by atoms with Gasteiger partial charge in [0.05, 0.1) is 0 Å². The first-order valence-corrected chi connectivity index (χ1v) is 8.85. The van der Waals surface area contributed by atoms with Crippen molar-refractivity contribution in [2.45, 2.75) is 58.3 Å². The fourth-order valence-corrected chi connectivity index (χ4v) is 2.74. The number of rotatable bonds is 10. The van der Waals surface area contributed by atoms with Crippen molar-refractivity contribution in [3.63, 3.8) is 0 Å². The summed E-state index contributed by atoms with van der Waals surface area (Å²) in [4.78, 5) is 11.9. The molecule has 0 radical (unpaired) electrons. The number of amides is 1. The van der Waals surface area contributed by atoms with Crippen molar-refractivity contribution < 1.29 is 4.79 Å². The van der Waals surface area contributed by atoms with E-state index in [0.717, 1.165) is 22.1 Å². The molecule has 1 N–H and O–H groups in total. The lowest BCUT2D eigenvalue weighted by Crippen LogP contribution is -2.24. The maximum Gasteiger partial charge on any atom is 0.251 e. The highest BCUT2D eigenvalue weighted by Gasteiger charge is 2.04. The number of carbonyl (C=O) groups excluding carboxylic acids is 1. The summed E-state index contributed by atoms with van der Waals surface area (Å²) in [5, 5.41) is 3.00. The van der Waals surface area contributed by atoms with Gasteiger partial charge in [-0.15, -0.1) is 0 Å². The molecule has 3 heteroatoms. The van der Waals surface area contributed by atoms with Gasteiger partial charge < -0.3 is 5.32 Å². The average molecular weight is 387 g/mol. The Morgan fingerprint density at radius 2 is 1.70 bits per heavy atom. The first-order chi connectivity index (χ1) is 9.74. The molecule has 0 aliphatic heterocycles. The molecule has 0 fully saturated rings. The van der Waals surface area contributed by atoms with E-state index in [1.807, 2.05) is 24.3 Å². The van der Waals surface area contributed by atoms with Gasteiger partial charge in [0.25, 0.3) is 5.91 Å². The topological polar surface area (TPSA) is 29.1 Å². The van der Waals surface area contributed by atoms with Crippen LogP contribution >= 0.6 is 22.6 Å². The molecule has 20 heavy (non-hydrogen) atoms. The van der Waals surface area contributed by atoms with Gasteiger partial charge in [-0.1, -0.05) is 57.9 Å². The van der Waals surface area contributed by atoms with Crippen LogP contribution in [0.3, 0.4) is 0 Å². The molecule has 0 atom stereocenters. The van der Waals surface area contributed by atoms with Crippen LogP contribution in [0.2, 0.25) is 0 Å². The highest BCUT2D eigenvalue weighted by molar-refractivity contribution is 14.1. The third kappa shape index (κ3) is 7.88. The molecule has 0 bridgehead atoms. The number of hydrogen-bond acceptors (Lipinski definition) is 1. The molecule has 1 aromatic carbocycles. The van der Waals surface area contributed by atoms with E-state index in [2.05, 4.69) is 34.8 Å². The molecule has 0 unspecified atom stereocenters. The minimum Gasteiger partial charge on any atom is -0.352 e. The molecule has 0 aliphatic rings. The number of hydrogen-bond donors (Lipinski definition) is 1. The van der Waals surface area contributed by atoms with Crippen molar-refractivity contribution >= 4 is 28.5 Å². The lowest BCUT2D eigenvalue weighted by Gasteiger charge is -2.05. The van der Waals surface area contributed by atoms with Gasteiger partial charge in [0.15, 0.2) is 0 Å². The molecule has 0 aromatic heterocycles. The average Bonchev–Trinajstić information content (AvgIpc) is 2.45. The quantitative estimate of drug-likeness (QED) is 0.436. The molecule has 0 heterocycles. The molecule has 0 aliphatic carbocycles. The zero-order valence-electron chi connectivity index (χ0n) is 12.5. The van der Waals surface area contributed by atoms with Crippen LogP contribution in [-0.2, 0) is 0 Å². The van der Waals surface area contributed by atoms with Crippen LogP contribution in [0.4, 0.5) is 0 Å². The predicted octanol–water partition coefficient (Wildman–Crippen LogP) is 5.16. The lowest BCUT2D eigenvalue weighted by molar-refractivity contribution is 0.0953. The second kappa shape index (κ2) is 11.1. The van der Waals surface area contributed by atoms with Crippen molar-refractivity contribution in [2.24, 2.45) is 0 Å². The smallest absolute Gasteiger partial charge is 0.251 e. The number of nitrogens with one attached hydrogen (secondary N) is 1. The highest BCUT2D eigenvalue weighted by Crippen LogP contribution is 2.09. The van der Waals surface area contributed by atoms with E-state index in [0.29, 0.717) is 0 Å². The summed E-state index contributed by atoms with van der Waals surface area (Å²) in [7, 11) is 0. The van der Waals surface area contributed by atoms with Gasteiger partial charge in [0.1, 0.15) is 0 Å². The van der Waals surface area contributed by atoms with Crippen LogP contribution in [0.25, 0.3) is 0 Å². The molecule has 0 saturated carbocycles. The largest absolute Gasteiger partial charge is 0.352 e. The molecule has 1 aromatic rings. The molecule has 1 rings (SSSR count). The van der Waals surface area contributed by atoms with E-state index in [9.17, 15) is 4.79 Å².